The van der Waals surface area contributed by atoms with Gasteiger partial charge in [0.2, 0.25) is 0 Å². The molecule has 2 aromatic heterocycles. The molecular weight excluding hydrogens is 668 g/mol. The van der Waals surface area contributed by atoms with Crippen LogP contribution < -0.4 is 31.7 Å². The number of hydrogen-bond donors (Lipinski definition) is 6. The lowest BCUT2D eigenvalue weighted by atomic mass is 9.86. The quantitative estimate of drug-likeness (QED) is 0.0346. The number of carbonyl (C=O) groups excluding carboxylic acids is 3. The third-order valence-electron chi connectivity index (χ3n) is 9.33. The van der Waals surface area contributed by atoms with Crippen LogP contribution in [-0.2, 0) is 46.0 Å². The lowest BCUT2D eigenvalue weighted by Crippen LogP contribution is -2.44. The Balaban J connectivity index is 1.16. The first kappa shape index (κ1) is 36.4. The van der Waals surface area contributed by atoms with Crippen molar-refractivity contribution in [2.75, 3.05) is 19.6 Å². The van der Waals surface area contributed by atoms with Gasteiger partial charge < -0.3 is 35.1 Å². The Labute approximate surface area is 299 Å². The van der Waals surface area contributed by atoms with Crippen LogP contribution in [0.4, 0.5) is 4.79 Å². The van der Waals surface area contributed by atoms with Crippen LogP contribution in [0.25, 0.3) is 28.4 Å². The highest BCUT2D eigenvalue weighted by molar-refractivity contribution is 5.91. The molecule has 2 aliphatic rings. The summed E-state index contributed by atoms with van der Waals surface area (Å²) in [6.45, 7) is 7.91. The molecule has 0 unspecified atom stereocenters. The van der Waals surface area contributed by atoms with Crippen molar-refractivity contribution in [2.45, 2.75) is 65.0 Å². The molecule has 0 saturated carbocycles. The van der Waals surface area contributed by atoms with Gasteiger partial charge in [0, 0.05) is 48.3 Å². The van der Waals surface area contributed by atoms with Gasteiger partial charge in [-0.25, -0.2) is 20.1 Å². The third-order valence-corrected chi connectivity index (χ3v) is 9.33. The fraction of sp³-hybridized carbons (Fsp3) is 0.342. The van der Waals surface area contributed by atoms with Crippen LogP contribution in [0.1, 0.15) is 60.6 Å². The van der Waals surface area contributed by atoms with E-state index in [1.54, 1.807) is 47.3 Å². The summed E-state index contributed by atoms with van der Waals surface area (Å²) >= 11 is 0. The van der Waals surface area contributed by atoms with Crippen molar-refractivity contribution in [1.29, 1.82) is 0 Å². The van der Waals surface area contributed by atoms with Gasteiger partial charge in [-0.3, -0.25) is 14.8 Å². The first-order valence-electron chi connectivity index (χ1n) is 17.3. The van der Waals surface area contributed by atoms with Crippen molar-refractivity contribution < 1.29 is 34.2 Å². The summed E-state index contributed by atoms with van der Waals surface area (Å²) in [7, 11) is 0. The maximum absolute atomic E-state index is 13.8. The molecule has 1 atom stereocenters. The predicted octanol–water partition coefficient (Wildman–Crippen LogP) is 3.02. The molecular formula is C38H42N6O8. The van der Waals surface area contributed by atoms with Gasteiger partial charge in [-0.1, -0.05) is 45.0 Å². The normalized spacial score (nSPS) is 16.1. The van der Waals surface area contributed by atoms with E-state index < -0.39 is 23.6 Å². The molecule has 272 valence electrons. The minimum absolute atomic E-state index is 0.0586. The van der Waals surface area contributed by atoms with Gasteiger partial charge in [0.05, 0.1) is 29.0 Å². The number of hydrogen-bond acceptors (Lipinski definition) is 11. The predicted molar refractivity (Wildman–Crippen MR) is 193 cm³/mol. The third kappa shape index (κ3) is 7.46. The molecule has 2 aromatic carbocycles. The van der Waals surface area contributed by atoms with Crippen molar-refractivity contribution >= 4 is 34.9 Å². The molecule has 0 bridgehead atoms. The van der Waals surface area contributed by atoms with E-state index in [0.29, 0.717) is 55.3 Å². The number of aliphatic hydroxyl groups is 1. The zero-order valence-electron chi connectivity index (χ0n) is 29.2. The average Bonchev–Trinajstić information content (AvgIpc) is 3.51. The molecule has 0 spiro atoms. The highest BCUT2D eigenvalue weighted by atomic mass is 16.6. The second kappa shape index (κ2) is 15.5. The topological polar surface area (TPSA) is 193 Å². The lowest BCUT2D eigenvalue weighted by Gasteiger charge is -2.31. The van der Waals surface area contributed by atoms with Crippen molar-refractivity contribution in [3.8, 4) is 17.1 Å². The number of rotatable bonds is 13. The maximum Gasteiger partial charge on any atom is 0.412 e. The number of cyclic esters (lactones) is 1. The number of hydroxylamine groups is 1. The van der Waals surface area contributed by atoms with Crippen molar-refractivity contribution in [1.82, 2.24) is 31.0 Å². The van der Waals surface area contributed by atoms with E-state index in [1.807, 2.05) is 24.3 Å². The Morgan fingerprint density at radius 2 is 1.87 bits per heavy atom. The second-order valence-electron chi connectivity index (χ2n) is 13.1. The molecule has 52 heavy (non-hydrogen) atoms. The number of carbonyl (C=O) groups is 3. The van der Waals surface area contributed by atoms with Gasteiger partial charge in [0.1, 0.15) is 12.4 Å². The summed E-state index contributed by atoms with van der Waals surface area (Å²) in [6.07, 6.45) is 2.88. The minimum Gasteiger partial charge on any atom is -0.458 e. The molecule has 6 N–H and O–H groups in total. The smallest absolute Gasteiger partial charge is 0.412 e. The second-order valence-corrected chi connectivity index (χ2v) is 13.1. The Kier molecular flexibility index (Phi) is 10.8. The maximum atomic E-state index is 13.8. The van der Waals surface area contributed by atoms with Crippen molar-refractivity contribution in [3.63, 3.8) is 0 Å². The van der Waals surface area contributed by atoms with E-state index in [2.05, 4.69) is 29.8 Å². The van der Waals surface area contributed by atoms with Crippen molar-refractivity contribution in [3.05, 3.63) is 98.3 Å². The molecule has 0 aliphatic carbocycles. The molecule has 0 fully saturated rings. The SMILES string of the molecule is CC[C@@]1(O)C(=O)OCc2c1cc1n(c2=O)Cc2c-1nc1ccc(OC(=O)NCCNCc3ccc(/C=C/C(=O)NO)cc3)cc1c2CCNC(C)C. The van der Waals surface area contributed by atoms with Gasteiger partial charge in [0.25, 0.3) is 11.5 Å². The highest BCUT2D eigenvalue weighted by Gasteiger charge is 2.45. The monoisotopic (exact) mass is 710 g/mol. The van der Waals surface area contributed by atoms with Crippen LogP contribution in [0.2, 0.25) is 0 Å². The van der Waals surface area contributed by atoms with Crippen LogP contribution in [-0.4, -0.2) is 63.5 Å². The largest absolute Gasteiger partial charge is 0.458 e. The molecule has 2 amide bonds. The van der Waals surface area contributed by atoms with E-state index in [4.69, 9.17) is 19.7 Å². The molecule has 4 aromatic rings. The zero-order chi connectivity index (χ0) is 37.0. The number of nitrogens with zero attached hydrogens (tertiary/aromatic N) is 2. The first-order chi connectivity index (χ1) is 25.0. The number of nitrogens with one attached hydrogen (secondary N) is 4. The average molecular weight is 711 g/mol. The Morgan fingerprint density at radius 3 is 2.60 bits per heavy atom. The molecule has 2 aliphatic heterocycles. The van der Waals surface area contributed by atoms with Gasteiger partial charge in [-0.15, -0.1) is 0 Å². The molecule has 4 heterocycles. The number of benzene rings is 2. The number of aromatic nitrogens is 2. The molecule has 14 heteroatoms. The van der Waals surface area contributed by atoms with Crippen LogP contribution in [0, 0.1) is 0 Å². The fourth-order valence-electron chi connectivity index (χ4n) is 6.56. The molecule has 14 nitrogen and oxygen atoms in total. The summed E-state index contributed by atoms with van der Waals surface area (Å²) < 4.78 is 12.5. The van der Waals surface area contributed by atoms with Crippen LogP contribution >= 0.6 is 0 Å². The van der Waals surface area contributed by atoms with E-state index >= 15 is 0 Å². The van der Waals surface area contributed by atoms with Gasteiger partial charge in [-0.2, -0.15) is 0 Å². The standard InChI is InChI=1S/C38H42N6O8/c1-4-38(49)30-18-32-34-28(20-44(32)35(46)29(30)21-51-36(38)47)26(13-14-40-22(2)3)27-17-25(10-11-31(27)42-34)52-37(48)41-16-15-39-19-24-7-5-23(6-8-24)9-12-33(45)43-50/h5-12,17-18,22,39-40,49-50H,4,13-16,19-21H2,1-3H3,(H,41,48)(H,43,45)/b12-9+/t38-/m0/s1. The first-order valence-corrected chi connectivity index (χ1v) is 17.3. The van der Waals surface area contributed by atoms with E-state index in [-0.39, 0.29) is 42.3 Å². The minimum atomic E-state index is -1.91. The summed E-state index contributed by atoms with van der Waals surface area (Å²) in [5.74, 6) is -1.03. The molecule has 0 saturated heterocycles. The summed E-state index contributed by atoms with van der Waals surface area (Å²) in [6, 6.07) is 14.7. The Bertz CT molecular complexity index is 2110. The summed E-state index contributed by atoms with van der Waals surface area (Å²) in [5, 5.41) is 30.1. The summed E-state index contributed by atoms with van der Waals surface area (Å²) in [5.41, 5.74) is 5.28. The Morgan fingerprint density at radius 1 is 1.08 bits per heavy atom. The highest BCUT2D eigenvalue weighted by Crippen LogP contribution is 2.40. The fourth-order valence-corrected chi connectivity index (χ4v) is 6.56. The van der Waals surface area contributed by atoms with Crippen molar-refractivity contribution in [2.24, 2.45) is 0 Å². The number of ether oxygens (including phenoxy) is 2. The van der Waals surface area contributed by atoms with E-state index in [0.717, 1.165) is 27.6 Å². The van der Waals surface area contributed by atoms with Gasteiger partial charge >= 0.3 is 12.1 Å². The van der Waals surface area contributed by atoms with E-state index in [1.165, 1.54) is 6.08 Å². The molecule has 6 rings (SSSR count). The lowest BCUT2D eigenvalue weighted by molar-refractivity contribution is -0.172. The van der Waals surface area contributed by atoms with Crippen LogP contribution in [0.3, 0.4) is 0 Å². The number of amides is 2. The van der Waals surface area contributed by atoms with Gasteiger partial charge in [0.15, 0.2) is 5.60 Å². The zero-order valence-corrected chi connectivity index (χ0v) is 29.2. The number of esters is 1. The van der Waals surface area contributed by atoms with Crippen LogP contribution in [0.5, 0.6) is 5.75 Å². The van der Waals surface area contributed by atoms with Crippen LogP contribution in [0.15, 0.2) is 59.4 Å². The van der Waals surface area contributed by atoms with Gasteiger partial charge in [-0.05, 0) is 66.4 Å². The van der Waals surface area contributed by atoms with E-state index in [9.17, 15) is 24.3 Å². The Hall–Kier alpha value is -5.41. The number of pyridine rings is 2. The molecule has 0 radical (unpaired) electrons. The number of fused-ring (bicyclic) bond motifs is 5. The summed E-state index contributed by atoms with van der Waals surface area (Å²) in [4.78, 5) is 55.2.